The van der Waals surface area contributed by atoms with E-state index in [1.165, 1.54) is 0 Å². The molecule has 1 rings (SSSR count). The van der Waals surface area contributed by atoms with Crippen LogP contribution in [-0.4, -0.2) is 11.7 Å². The summed E-state index contributed by atoms with van der Waals surface area (Å²) in [5, 5.41) is 2.69. The molecule has 0 bridgehead atoms. The van der Waals surface area contributed by atoms with Crippen molar-refractivity contribution in [2.24, 2.45) is 0 Å². The topological polar surface area (TPSA) is 38.3 Å². The molecule has 0 aromatic heterocycles. The Morgan fingerprint density at radius 2 is 1.78 bits per heavy atom. The first kappa shape index (κ1) is 14.6. The van der Waals surface area contributed by atoms with Gasteiger partial charge in [-0.1, -0.05) is 32.9 Å². The number of carbonyl (C=O) groups excluding carboxylic acids is 1. The van der Waals surface area contributed by atoms with Crippen molar-refractivity contribution in [2.45, 2.75) is 52.6 Å². The normalized spacial score (nSPS) is 12.1. The molecule has 1 N–H and O–H groups in total. The molecule has 1 amide bonds. The summed E-state index contributed by atoms with van der Waals surface area (Å²) < 4.78 is 5.20. The maximum atomic E-state index is 11.6. The third-order valence-electron chi connectivity index (χ3n) is 2.24. The summed E-state index contributed by atoms with van der Waals surface area (Å²) in [5.74, 6) is 0. The van der Waals surface area contributed by atoms with Crippen LogP contribution in [0.1, 0.15) is 47.1 Å². The van der Waals surface area contributed by atoms with E-state index in [9.17, 15) is 4.79 Å². The number of anilines is 1. The number of rotatable bonds is 1. The molecule has 0 atom stereocenters. The van der Waals surface area contributed by atoms with Crippen LogP contribution in [0.25, 0.3) is 0 Å². The van der Waals surface area contributed by atoms with Crippen molar-refractivity contribution in [2.75, 3.05) is 5.32 Å². The minimum atomic E-state index is -0.494. The molecule has 18 heavy (non-hydrogen) atoms. The third kappa shape index (κ3) is 4.78. The standard InChI is InChI=1S/C15H22NO2/c1-14(2,3)11-8-7-9-12(10-11)16-13(17)18-15(4,5)6/h7-9H,1-6H3,(H,16,17). The van der Waals surface area contributed by atoms with E-state index in [-0.39, 0.29) is 5.41 Å². The molecule has 0 unspecified atom stereocenters. The first-order valence-corrected chi connectivity index (χ1v) is 6.11. The summed E-state index contributed by atoms with van der Waals surface area (Å²) in [6.07, 6.45) is -0.454. The van der Waals surface area contributed by atoms with Crippen LogP contribution in [-0.2, 0) is 10.2 Å². The highest BCUT2D eigenvalue weighted by atomic mass is 16.6. The number of nitrogens with one attached hydrogen (secondary N) is 1. The van der Waals surface area contributed by atoms with Gasteiger partial charge in [0.1, 0.15) is 5.60 Å². The Kier molecular flexibility index (Phi) is 4.05. The van der Waals surface area contributed by atoms with Crippen LogP contribution < -0.4 is 5.32 Å². The van der Waals surface area contributed by atoms with Crippen LogP contribution in [0.3, 0.4) is 0 Å². The van der Waals surface area contributed by atoms with Crippen LogP contribution in [0.15, 0.2) is 18.2 Å². The zero-order valence-electron chi connectivity index (χ0n) is 12.0. The predicted octanol–water partition coefficient (Wildman–Crippen LogP) is 4.13. The molecule has 0 spiro atoms. The van der Waals surface area contributed by atoms with Gasteiger partial charge >= 0.3 is 6.09 Å². The molecule has 0 aliphatic carbocycles. The van der Waals surface area contributed by atoms with E-state index < -0.39 is 11.7 Å². The van der Waals surface area contributed by atoms with Gasteiger partial charge in [0.15, 0.2) is 0 Å². The second-order valence-corrected chi connectivity index (χ2v) is 6.36. The van der Waals surface area contributed by atoms with Gasteiger partial charge in [-0.05, 0) is 37.8 Å². The Morgan fingerprint density at radius 1 is 1.17 bits per heavy atom. The van der Waals surface area contributed by atoms with E-state index >= 15 is 0 Å². The Labute approximate surface area is 110 Å². The average molecular weight is 248 g/mol. The van der Waals surface area contributed by atoms with E-state index in [1.54, 1.807) is 6.07 Å². The molecule has 0 saturated heterocycles. The van der Waals surface area contributed by atoms with Crippen LogP contribution in [0, 0.1) is 6.07 Å². The highest BCUT2D eigenvalue weighted by molar-refractivity contribution is 5.84. The molecule has 0 saturated carbocycles. The van der Waals surface area contributed by atoms with Gasteiger partial charge in [-0.3, -0.25) is 5.32 Å². The lowest BCUT2D eigenvalue weighted by atomic mass is 9.87. The van der Waals surface area contributed by atoms with Gasteiger partial charge in [0.2, 0.25) is 0 Å². The van der Waals surface area contributed by atoms with Gasteiger partial charge in [-0.15, -0.1) is 0 Å². The number of amides is 1. The maximum Gasteiger partial charge on any atom is 0.412 e. The minimum Gasteiger partial charge on any atom is -0.444 e. The summed E-state index contributed by atoms with van der Waals surface area (Å²) in [6.45, 7) is 11.8. The van der Waals surface area contributed by atoms with Crippen molar-refractivity contribution >= 4 is 11.8 Å². The lowest BCUT2D eigenvalue weighted by Gasteiger charge is -2.21. The van der Waals surface area contributed by atoms with Gasteiger partial charge < -0.3 is 4.74 Å². The smallest absolute Gasteiger partial charge is 0.412 e. The molecule has 0 aliphatic heterocycles. The van der Waals surface area contributed by atoms with E-state index in [1.807, 2.05) is 32.9 Å². The van der Waals surface area contributed by atoms with Crippen LogP contribution in [0.4, 0.5) is 10.5 Å². The van der Waals surface area contributed by atoms with Crippen molar-refractivity contribution in [3.05, 3.63) is 29.8 Å². The molecular formula is C15H22NO2. The molecule has 99 valence electrons. The van der Waals surface area contributed by atoms with Crippen molar-refractivity contribution in [1.29, 1.82) is 0 Å². The van der Waals surface area contributed by atoms with Crippen molar-refractivity contribution < 1.29 is 9.53 Å². The lowest BCUT2D eigenvalue weighted by Crippen LogP contribution is -2.27. The molecule has 1 aromatic carbocycles. The van der Waals surface area contributed by atoms with Gasteiger partial charge in [-0.2, -0.15) is 0 Å². The van der Waals surface area contributed by atoms with E-state index in [0.29, 0.717) is 5.69 Å². The van der Waals surface area contributed by atoms with E-state index in [4.69, 9.17) is 4.74 Å². The third-order valence-corrected chi connectivity index (χ3v) is 2.24. The monoisotopic (exact) mass is 248 g/mol. The van der Waals surface area contributed by atoms with Crippen LogP contribution in [0.2, 0.25) is 0 Å². The average Bonchev–Trinajstić information content (AvgIpc) is 2.13. The van der Waals surface area contributed by atoms with Crippen molar-refractivity contribution in [1.82, 2.24) is 0 Å². The number of carbonyl (C=O) groups is 1. The fourth-order valence-corrected chi connectivity index (χ4v) is 1.39. The molecule has 3 heteroatoms. The second-order valence-electron chi connectivity index (χ2n) is 6.36. The zero-order chi connectivity index (χ0) is 14.0. The quantitative estimate of drug-likeness (QED) is 0.811. The number of benzene rings is 1. The van der Waals surface area contributed by atoms with Gasteiger partial charge in [0, 0.05) is 6.07 Å². The summed E-state index contributed by atoms with van der Waals surface area (Å²) in [6, 6.07) is 8.90. The summed E-state index contributed by atoms with van der Waals surface area (Å²) >= 11 is 0. The van der Waals surface area contributed by atoms with Crippen LogP contribution >= 0.6 is 0 Å². The summed E-state index contributed by atoms with van der Waals surface area (Å²) in [5.41, 5.74) is 1.20. The van der Waals surface area contributed by atoms with Crippen LogP contribution in [0.5, 0.6) is 0 Å². The van der Waals surface area contributed by atoms with E-state index in [0.717, 1.165) is 5.56 Å². The van der Waals surface area contributed by atoms with Crippen molar-refractivity contribution in [3.63, 3.8) is 0 Å². The zero-order valence-corrected chi connectivity index (χ0v) is 12.0. The fraction of sp³-hybridized carbons (Fsp3) is 0.533. The number of ether oxygens (including phenoxy) is 1. The first-order chi connectivity index (χ1) is 8.08. The highest BCUT2D eigenvalue weighted by Gasteiger charge is 2.18. The Morgan fingerprint density at radius 3 is 2.28 bits per heavy atom. The van der Waals surface area contributed by atoms with Gasteiger partial charge in [0.05, 0.1) is 5.69 Å². The Hall–Kier alpha value is -1.51. The summed E-state index contributed by atoms with van der Waals surface area (Å²) in [4.78, 5) is 11.6. The number of hydrogen-bond donors (Lipinski definition) is 1. The Bertz CT molecular complexity index is 425. The molecule has 0 heterocycles. The summed E-state index contributed by atoms with van der Waals surface area (Å²) in [7, 11) is 0. The molecule has 0 aliphatic rings. The Balaban J connectivity index is 2.77. The first-order valence-electron chi connectivity index (χ1n) is 6.11. The SMILES string of the molecule is CC(C)(C)OC(=O)Nc1[c]c(C(C)(C)C)ccc1. The lowest BCUT2D eigenvalue weighted by molar-refractivity contribution is 0.0636. The van der Waals surface area contributed by atoms with Gasteiger partial charge in [-0.25, -0.2) is 4.79 Å². The van der Waals surface area contributed by atoms with E-state index in [2.05, 4.69) is 32.2 Å². The molecular weight excluding hydrogens is 226 g/mol. The molecule has 0 fully saturated rings. The van der Waals surface area contributed by atoms with Gasteiger partial charge in [0.25, 0.3) is 0 Å². The molecule has 1 aromatic rings. The highest BCUT2D eigenvalue weighted by Crippen LogP contribution is 2.24. The minimum absolute atomic E-state index is 0.00558. The maximum absolute atomic E-state index is 11.6. The fourth-order valence-electron chi connectivity index (χ4n) is 1.39. The predicted molar refractivity (Wildman–Crippen MR) is 73.8 cm³/mol. The molecule has 3 nitrogen and oxygen atoms in total. The largest absolute Gasteiger partial charge is 0.444 e. The number of hydrogen-bond acceptors (Lipinski definition) is 2. The second kappa shape index (κ2) is 5.01. The van der Waals surface area contributed by atoms with Crippen molar-refractivity contribution in [3.8, 4) is 0 Å². The molecule has 1 radical (unpaired) electrons.